The Morgan fingerprint density at radius 2 is 1.88 bits per heavy atom. The molecule has 1 aliphatic carbocycles. The summed E-state index contributed by atoms with van der Waals surface area (Å²) in [6, 6.07) is 10.3. The molecule has 0 unspecified atom stereocenters. The van der Waals surface area contributed by atoms with E-state index < -0.39 is 0 Å². The van der Waals surface area contributed by atoms with Crippen molar-refractivity contribution >= 4 is 11.7 Å². The van der Waals surface area contributed by atoms with Gasteiger partial charge in [-0.15, -0.1) is 0 Å². The average Bonchev–Trinajstić information content (AvgIpc) is 2.62. The Hall–Kier alpha value is -2.43. The maximum absolute atomic E-state index is 12.3. The summed E-state index contributed by atoms with van der Waals surface area (Å²) in [6.45, 7) is 2.54. The second-order valence-corrected chi connectivity index (χ2v) is 6.44. The highest BCUT2D eigenvalue weighted by molar-refractivity contribution is 5.92. The molecule has 2 N–H and O–H groups in total. The molecule has 1 aromatic carbocycles. The van der Waals surface area contributed by atoms with Crippen molar-refractivity contribution in [3.63, 3.8) is 0 Å². The number of hydrogen-bond donors (Lipinski definition) is 2. The molecule has 1 amide bonds. The van der Waals surface area contributed by atoms with E-state index in [1.54, 1.807) is 6.07 Å². The van der Waals surface area contributed by atoms with Crippen molar-refractivity contribution < 1.29 is 4.79 Å². The first-order valence-electron chi connectivity index (χ1n) is 8.63. The summed E-state index contributed by atoms with van der Waals surface area (Å²) in [4.78, 5) is 20.6. The van der Waals surface area contributed by atoms with Gasteiger partial charge in [-0.2, -0.15) is 0 Å². The van der Waals surface area contributed by atoms with Crippen LogP contribution in [0.2, 0.25) is 0 Å². The summed E-state index contributed by atoms with van der Waals surface area (Å²) >= 11 is 0. The quantitative estimate of drug-likeness (QED) is 0.884. The highest BCUT2D eigenvalue weighted by atomic mass is 16.1. The Bertz CT molecular complexity index is 678. The van der Waals surface area contributed by atoms with Crippen LogP contribution in [0, 0.1) is 6.92 Å². The second-order valence-electron chi connectivity index (χ2n) is 6.44. The van der Waals surface area contributed by atoms with E-state index in [1.807, 2.05) is 31.2 Å². The molecule has 0 saturated heterocycles. The molecule has 0 radical (unpaired) electrons. The summed E-state index contributed by atoms with van der Waals surface area (Å²) in [6.07, 6.45) is 7.61. The highest BCUT2D eigenvalue weighted by Gasteiger charge is 2.15. The molecule has 2 aromatic rings. The number of benzene rings is 1. The van der Waals surface area contributed by atoms with E-state index >= 15 is 0 Å². The van der Waals surface area contributed by atoms with Gasteiger partial charge in [-0.3, -0.25) is 4.79 Å². The van der Waals surface area contributed by atoms with E-state index in [-0.39, 0.29) is 5.91 Å². The minimum atomic E-state index is -0.176. The van der Waals surface area contributed by atoms with Gasteiger partial charge in [0.15, 0.2) is 0 Å². The normalized spacial score (nSPS) is 15.0. The smallest absolute Gasteiger partial charge is 0.270 e. The third-order valence-electron chi connectivity index (χ3n) is 4.43. The SMILES string of the molecule is Cc1ccc(CNC(=O)c2cc(NC3CCCCC3)ncn2)cc1. The van der Waals surface area contributed by atoms with Crippen LogP contribution in [0.1, 0.15) is 53.7 Å². The zero-order valence-corrected chi connectivity index (χ0v) is 14.1. The Kier molecular flexibility index (Phi) is 5.41. The Balaban J connectivity index is 1.58. The number of aromatic nitrogens is 2. The van der Waals surface area contributed by atoms with E-state index in [4.69, 9.17) is 0 Å². The van der Waals surface area contributed by atoms with Crippen LogP contribution in [-0.4, -0.2) is 21.9 Å². The van der Waals surface area contributed by atoms with Crippen molar-refractivity contribution in [2.75, 3.05) is 5.32 Å². The number of amides is 1. The summed E-state index contributed by atoms with van der Waals surface area (Å²) < 4.78 is 0. The number of anilines is 1. The lowest BCUT2D eigenvalue weighted by Crippen LogP contribution is -2.25. The van der Waals surface area contributed by atoms with Crippen molar-refractivity contribution in [3.8, 4) is 0 Å². The Morgan fingerprint density at radius 1 is 1.12 bits per heavy atom. The van der Waals surface area contributed by atoms with Gasteiger partial charge in [0, 0.05) is 18.7 Å². The number of aryl methyl sites for hydroxylation is 1. The fourth-order valence-electron chi connectivity index (χ4n) is 3.00. The zero-order chi connectivity index (χ0) is 16.8. The van der Waals surface area contributed by atoms with Gasteiger partial charge in [0.25, 0.3) is 5.91 Å². The van der Waals surface area contributed by atoms with Crippen LogP contribution < -0.4 is 10.6 Å². The lowest BCUT2D eigenvalue weighted by atomic mass is 9.95. The molecule has 5 nitrogen and oxygen atoms in total. The molecule has 1 aromatic heterocycles. The van der Waals surface area contributed by atoms with Gasteiger partial charge in [-0.1, -0.05) is 49.1 Å². The average molecular weight is 324 g/mol. The molecular formula is C19H24N4O. The molecule has 1 aliphatic rings. The number of rotatable bonds is 5. The topological polar surface area (TPSA) is 66.9 Å². The van der Waals surface area contributed by atoms with Gasteiger partial charge in [0.1, 0.15) is 17.8 Å². The number of nitrogens with one attached hydrogen (secondary N) is 2. The van der Waals surface area contributed by atoms with E-state index in [2.05, 4.69) is 20.6 Å². The molecule has 126 valence electrons. The maximum atomic E-state index is 12.3. The van der Waals surface area contributed by atoms with Gasteiger partial charge in [-0.05, 0) is 25.3 Å². The number of hydrogen-bond acceptors (Lipinski definition) is 4. The van der Waals surface area contributed by atoms with Crippen molar-refractivity contribution in [1.29, 1.82) is 0 Å². The standard InChI is InChI=1S/C19H24N4O/c1-14-7-9-15(10-8-14)12-20-19(24)17-11-18(22-13-21-17)23-16-5-3-2-4-6-16/h7-11,13,16H,2-6,12H2,1H3,(H,20,24)(H,21,22,23). The van der Waals surface area contributed by atoms with Crippen LogP contribution in [0.25, 0.3) is 0 Å². The van der Waals surface area contributed by atoms with E-state index in [1.165, 1.54) is 44.0 Å². The molecule has 0 atom stereocenters. The molecule has 1 fully saturated rings. The van der Waals surface area contributed by atoms with Gasteiger partial charge in [0.05, 0.1) is 0 Å². The Morgan fingerprint density at radius 3 is 2.62 bits per heavy atom. The minimum Gasteiger partial charge on any atom is -0.367 e. The summed E-state index contributed by atoms with van der Waals surface area (Å²) in [5.74, 6) is 0.557. The molecule has 0 bridgehead atoms. The van der Waals surface area contributed by atoms with Crippen LogP contribution in [0.5, 0.6) is 0 Å². The predicted molar refractivity (Wildman–Crippen MR) is 94.9 cm³/mol. The first-order chi connectivity index (χ1) is 11.7. The third kappa shape index (κ3) is 4.54. The van der Waals surface area contributed by atoms with Crippen LogP contribution in [-0.2, 0) is 6.54 Å². The third-order valence-corrected chi connectivity index (χ3v) is 4.43. The number of carbonyl (C=O) groups excluding carboxylic acids is 1. The van der Waals surface area contributed by atoms with Crippen molar-refractivity contribution in [2.24, 2.45) is 0 Å². The fraction of sp³-hybridized carbons (Fsp3) is 0.421. The van der Waals surface area contributed by atoms with E-state index in [0.29, 0.717) is 18.3 Å². The maximum Gasteiger partial charge on any atom is 0.270 e. The van der Waals surface area contributed by atoms with Gasteiger partial charge < -0.3 is 10.6 Å². The van der Waals surface area contributed by atoms with Crippen LogP contribution in [0.4, 0.5) is 5.82 Å². The van der Waals surface area contributed by atoms with Gasteiger partial charge >= 0.3 is 0 Å². The number of nitrogens with zero attached hydrogens (tertiary/aromatic N) is 2. The minimum absolute atomic E-state index is 0.176. The molecule has 5 heteroatoms. The van der Waals surface area contributed by atoms with Crippen LogP contribution >= 0.6 is 0 Å². The summed E-state index contributed by atoms with van der Waals surface area (Å²) in [5, 5.41) is 6.33. The van der Waals surface area contributed by atoms with Crippen molar-refractivity contribution in [2.45, 2.75) is 51.6 Å². The summed E-state index contributed by atoms with van der Waals surface area (Å²) in [7, 11) is 0. The lowest BCUT2D eigenvalue weighted by molar-refractivity contribution is 0.0946. The molecule has 0 spiro atoms. The second kappa shape index (κ2) is 7.90. The van der Waals surface area contributed by atoms with Gasteiger partial charge in [0.2, 0.25) is 0 Å². The van der Waals surface area contributed by atoms with E-state index in [0.717, 1.165) is 11.4 Å². The molecule has 1 heterocycles. The summed E-state index contributed by atoms with van der Waals surface area (Å²) in [5.41, 5.74) is 2.68. The molecule has 1 saturated carbocycles. The van der Waals surface area contributed by atoms with Crippen molar-refractivity contribution in [1.82, 2.24) is 15.3 Å². The Labute approximate surface area is 142 Å². The first-order valence-corrected chi connectivity index (χ1v) is 8.63. The van der Waals surface area contributed by atoms with E-state index in [9.17, 15) is 4.79 Å². The monoisotopic (exact) mass is 324 g/mol. The van der Waals surface area contributed by atoms with Crippen LogP contribution in [0.3, 0.4) is 0 Å². The molecular weight excluding hydrogens is 300 g/mol. The highest BCUT2D eigenvalue weighted by Crippen LogP contribution is 2.20. The van der Waals surface area contributed by atoms with Crippen molar-refractivity contribution in [3.05, 3.63) is 53.5 Å². The molecule has 24 heavy (non-hydrogen) atoms. The number of carbonyl (C=O) groups is 1. The van der Waals surface area contributed by atoms with Crippen LogP contribution in [0.15, 0.2) is 36.7 Å². The predicted octanol–water partition coefficient (Wildman–Crippen LogP) is 3.46. The van der Waals surface area contributed by atoms with Gasteiger partial charge in [-0.25, -0.2) is 9.97 Å². The largest absolute Gasteiger partial charge is 0.367 e. The lowest BCUT2D eigenvalue weighted by Gasteiger charge is -2.23. The fourth-order valence-corrected chi connectivity index (χ4v) is 3.00. The molecule has 0 aliphatic heterocycles. The molecule has 3 rings (SSSR count). The zero-order valence-electron chi connectivity index (χ0n) is 14.1. The first kappa shape index (κ1) is 16.4.